The van der Waals surface area contributed by atoms with Gasteiger partial charge in [-0.3, -0.25) is 9.59 Å². The van der Waals surface area contributed by atoms with Crippen LogP contribution in [0.5, 0.6) is 11.5 Å². The maximum Gasteiger partial charge on any atom is 0.161 e. The van der Waals surface area contributed by atoms with Crippen LogP contribution in [-0.4, -0.2) is 30.1 Å². The summed E-state index contributed by atoms with van der Waals surface area (Å²) in [4.78, 5) is 29.0. The van der Waals surface area contributed by atoms with Crippen LogP contribution < -0.4 is 9.47 Å². The predicted molar refractivity (Wildman–Crippen MR) is 140 cm³/mol. The molecule has 0 N–H and O–H groups in total. The predicted octanol–water partition coefficient (Wildman–Crippen LogP) is 6.75. The minimum Gasteiger partial charge on any atom is -0.493 e. The van der Waals surface area contributed by atoms with Crippen LogP contribution in [0.3, 0.4) is 0 Å². The molecule has 1 aliphatic heterocycles. The van der Waals surface area contributed by atoms with Crippen molar-refractivity contribution < 1.29 is 19.1 Å². The van der Waals surface area contributed by atoms with Gasteiger partial charge < -0.3 is 14.4 Å². The van der Waals surface area contributed by atoms with Crippen molar-refractivity contribution in [1.29, 1.82) is 0 Å². The van der Waals surface area contributed by atoms with Crippen LogP contribution in [0, 0.1) is 0 Å². The largest absolute Gasteiger partial charge is 0.493 e. The van der Waals surface area contributed by atoms with Gasteiger partial charge in [0.15, 0.2) is 23.1 Å². The van der Waals surface area contributed by atoms with E-state index in [1.165, 1.54) is 0 Å². The molecule has 1 heterocycles. The Morgan fingerprint density at radius 1 is 0.889 bits per heavy atom. The molecule has 36 heavy (non-hydrogen) atoms. The molecule has 0 aromatic heterocycles. The molecule has 3 aliphatic rings. The summed E-state index contributed by atoms with van der Waals surface area (Å²) in [5, 5.41) is 0.683. The van der Waals surface area contributed by atoms with Crippen LogP contribution in [0.2, 0.25) is 5.02 Å². The van der Waals surface area contributed by atoms with E-state index in [0.717, 1.165) is 72.3 Å². The number of methoxy groups -OCH3 is 1. The van der Waals surface area contributed by atoms with Gasteiger partial charge in [-0.1, -0.05) is 36.7 Å². The highest BCUT2D eigenvalue weighted by Gasteiger charge is 2.43. The summed E-state index contributed by atoms with van der Waals surface area (Å²) in [6.45, 7) is 3.37. The van der Waals surface area contributed by atoms with Gasteiger partial charge in [0.1, 0.15) is 6.61 Å². The molecule has 2 aromatic rings. The molecule has 5 nitrogen and oxygen atoms in total. The fraction of sp³-hybridized carbons (Fsp3) is 0.400. The lowest BCUT2D eigenvalue weighted by atomic mass is 9.71. The molecule has 6 heteroatoms. The molecule has 0 amide bonds. The smallest absolute Gasteiger partial charge is 0.161 e. The summed E-state index contributed by atoms with van der Waals surface area (Å²) in [6.07, 6.45) is 5.51. The van der Waals surface area contributed by atoms with E-state index in [4.69, 9.17) is 21.1 Å². The van der Waals surface area contributed by atoms with Crippen molar-refractivity contribution in [3.8, 4) is 11.5 Å². The van der Waals surface area contributed by atoms with Crippen molar-refractivity contribution in [3.05, 3.63) is 81.2 Å². The van der Waals surface area contributed by atoms with E-state index in [-0.39, 0.29) is 17.5 Å². The first-order valence-electron chi connectivity index (χ1n) is 12.9. The molecule has 0 unspecified atom stereocenters. The Morgan fingerprint density at radius 2 is 1.53 bits per heavy atom. The van der Waals surface area contributed by atoms with E-state index in [1.807, 2.05) is 42.5 Å². The van der Waals surface area contributed by atoms with Gasteiger partial charge in [-0.05, 0) is 67.5 Å². The number of halogens is 1. The number of hydrogen-bond acceptors (Lipinski definition) is 5. The standard InChI is InChI=1S/C30H32ClNO4/c1-3-16-32-22-6-4-8-24(33)29(22)28(30-23(32)7-5-9-25(30)34)20-12-15-26(27(17-20)35-2)36-18-19-10-13-21(31)14-11-19/h10-15,17,28H,3-9,16,18H2,1-2H3. The second-order valence-corrected chi connectivity index (χ2v) is 10.1. The van der Waals surface area contributed by atoms with Gasteiger partial charge >= 0.3 is 0 Å². The van der Waals surface area contributed by atoms with E-state index in [1.54, 1.807) is 7.11 Å². The summed E-state index contributed by atoms with van der Waals surface area (Å²) in [6, 6.07) is 13.4. The monoisotopic (exact) mass is 505 g/mol. The van der Waals surface area contributed by atoms with Gasteiger partial charge in [-0.25, -0.2) is 0 Å². The SMILES string of the molecule is CCCN1C2=C(C(=O)CCC2)C(c2ccc(OCc3ccc(Cl)cc3)c(OC)c2)C2=C1CCCC2=O. The van der Waals surface area contributed by atoms with Crippen LogP contribution >= 0.6 is 11.6 Å². The number of benzene rings is 2. The van der Waals surface area contributed by atoms with Gasteiger partial charge in [-0.15, -0.1) is 0 Å². The van der Waals surface area contributed by atoms with Gasteiger partial charge in [0, 0.05) is 52.9 Å². The topological polar surface area (TPSA) is 55.8 Å². The van der Waals surface area contributed by atoms with E-state index in [9.17, 15) is 9.59 Å². The molecule has 0 radical (unpaired) electrons. The molecular weight excluding hydrogens is 474 g/mol. The van der Waals surface area contributed by atoms with Crippen molar-refractivity contribution >= 4 is 23.2 Å². The highest BCUT2D eigenvalue weighted by atomic mass is 35.5. The fourth-order valence-electron chi connectivity index (χ4n) is 5.77. The van der Waals surface area contributed by atoms with Gasteiger partial charge in [0.05, 0.1) is 7.11 Å². The average Bonchev–Trinajstić information content (AvgIpc) is 2.89. The molecule has 0 bridgehead atoms. The molecule has 0 spiro atoms. The third-order valence-electron chi connectivity index (χ3n) is 7.36. The summed E-state index contributed by atoms with van der Waals surface area (Å²) >= 11 is 5.99. The molecule has 188 valence electrons. The van der Waals surface area contributed by atoms with E-state index in [0.29, 0.717) is 36.0 Å². The Kier molecular flexibility index (Phi) is 7.20. The third-order valence-corrected chi connectivity index (χ3v) is 7.61. The number of hydrogen-bond donors (Lipinski definition) is 0. The zero-order valence-corrected chi connectivity index (χ0v) is 21.7. The number of allylic oxidation sites excluding steroid dienone is 4. The van der Waals surface area contributed by atoms with Crippen molar-refractivity contribution in [1.82, 2.24) is 4.90 Å². The van der Waals surface area contributed by atoms with Crippen LogP contribution in [0.4, 0.5) is 0 Å². The number of nitrogens with zero attached hydrogens (tertiary/aromatic N) is 1. The van der Waals surface area contributed by atoms with Crippen LogP contribution in [0.25, 0.3) is 0 Å². The normalized spacial score (nSPS) is 18.4. The number of Topliss-reactive ketones (excluding diaryl/α,β-unsaturated/α-hetero) is 2. The number of ether oxygens (including phenoxy) is 2. The maximum absolute atomic E-state index is 13.4. The van der Waals surface area contributed by atoms with Gasteiger partial charge in [-0.2, -0.15) is 0 Å². The zero-order valence-electron chi connectivity index (χ0n) is 20.9. The molecule has 2 aliphatic carbocycles. The summed E-state index contributed by atoms with van der Waals surface area (Å²) in [5.74, 6) is 1.19. The summed E-state index contributed by atoms with van der Waals surface area (Å²) in [5.41, 5.74) is 5.76. The number of ketones is 2. The highest BCUT2D eigenvalue weighted by Crippen LogP contribution is 2.50. The Bertz CT molecular complexity index is 1200. The Labute approximate surface area is 217 Å². The second-order valence-electron chi connectivity index (χ2n) is 9.68. The first kappa shape index (κ1) is 24.6. The molecular formula is C30H32ClNO4. The molecule has 0 fully saturated rings. The van der Waals surface area contributed by atoms with E-state index >= 15 is 0 Å². The molecule has 5 rings (SSSR count). The minimum atomic E-state index is -0.345. The molecule has 0 saturated carbocycles. The second kappa shape index (κ2) is 10.5. The van der Waals surface area contributed by atoms with Crippen molar-refractivity contribution in [2.24, 2.45) is 0 Å². The molecule has 2 aromatic carbocycles. The third kappa shape index (κ3) is 4.57. The van der Waals surface area contributed by atoms with Gasteiger partial charge in [0.25, 0.3) is 0 Å². The molecule has 0 atom stereocenters. The fourth-order valence-corrected chi connectivity index (χ4v) is 5.89. The first-order chi connectivity index (χ1) is 17.5. The minimum absolute atomic E-state index is 0.161. The lowest BCUT2D eigenvalue weighted by Gasteiger charge is -2.44. The Morgan fingerprint density at radius 3 is 2.11 bits per heavy atom. The summed E-state index contributed by atoms with van der Waals surface area (Å²) in [7, 11) is 1.62. The summed E-state index contributed by atoms with van der Waals surface area (Å²) < 4.78 is 11.8. The quantitative estimate of drug-likeness (QED) is 0.416. The van der Waals surface area contributed by atoms with Gasteiger partial charge in [0.2, 0.25) is 0 Å². The van der Waals surface area contributed by atoms with Crippen molar-refractivity contribution in [3.63, 3.8) is 0 Å². The first-order valence-corrected chi connectivity index (χ1v) is 13.2. The van der Waals surface area contributed by atoms with Crippen molar-refractivity contribution in [2.75, 3.05) is 13.7 Å². The van der Waals surface area contributed by atoms with E-state index in [2.05, 4.69) is 11.8 Å². The van der Waals surface area contributed by atoms with E-state index < -0.39 is 0 Å². The average molecular weight is 506 g/mol. The van der Waals surface area contributed by atoms with Crippen LogP contribution in [0.1, 0.15) is 68.9 Å². The van der Waals surface area contributed by atoms with Crippen LogP contribution in [0.15, 0.2) is 65.0 Å². The lowest BCUT2D eigenvalue weighted by Crippen LogP contribution is -2.39. The maximum atomic E-state index is 13.4. The van der Waals surface area contributed by atoms with Crippen LogP contribution in [-0.2, 0) is 16.2 Å². The zero-order chi connectivity index (χ0) is 25.2. The number of carbonyl (C=O) groups excluding carboxylic acids is 2. The number of carbonyl (C=O) groups is 2. The Hall–Kier alpha value is -3.05. The van der Waals surface area contributed by atoms with Crippen molar-refractivity contribution in [2.45, 2.75) is 64.4 Å². The molecule has 0 saturated heterocycles. The number of rotatable bonds is 7. The Balaban J connectivity index is 1.55. The highest BCUT2D eigenvalue weighted by molar-refractivity contribution is 6.30. The lowest BCUT2D eigenvalue weighted by molar-refractivity contribution is -0.117.